The van der Waals surface area contributed by atoms with Gasteiger partial charge in [-0.15, -0.1) is 0 Å². The van der Waals surface area contributed by atoms with Crippen molar-refractivity contribution in [3.8, 4) is 0 Å². The van der Waals surface area contributed by atoms with Crippen molar-refractivity contribution < 1.29 is 49.3 Å². The van der Waals surface area contributed by atoms with Crippen molar-refractivity contribution >= 4 is 5.78 Å². The predicted octanol–water partition coefficient (Wildman–Crippen LogP) is 1.58. The van der Waals surface area contributed by atoms with Gasteiger partial charge < -0.3 is 5.11 Å². The largest absolute Gasteiger partial charge is 0.504 e. The summed E-state index contributed by atoms with van der Waals surface area (Å²) in [5.41, 5.74) is 0. The average Bonchev–Trinajstić information content (AvgIpc) is 1.60. The molecule has 62 valence electrons. The second-order valence-corrected chi connectivity index (χ2v) is 1.64. The van der Waals surface area contributed by atoms with E-state index in [9.17, 15) is 18.0 Å². The molecular formula is C5H5F3O2Zr. The molecule has 0 aromatic rings. The maximum absolute atomic E-state index is 11.3. The second-order valence-electron chi connectivity index (χ2n) is 1.64. The van der Waals surface area contributed by atoms with Gasteiger partial charge in [-0.05, 0) is 6.92 Å². The summed E-state index contributed by atoms with van der Waals surface area (Å²) in [6.45, 7) is 0.919. The number of aliphatic hydroxyl groups is 1. The summed E-state index contributed by atoms with van der Waals surface area (Å²) in [4.78, 5) is 9.96. The summed E-state index contributed by atoms with van der Waals surface area (Å²) in [6, 6.07) is 0. The molecule has 0 amide bonds. The SMILES string of the molecule is CC(=O)/C=C(\O)C(F)(F)F.[Zr]. The Kier molecular flexibility index (Phi) is 5.75. The van der Waals surface area contributed by atoms with Crippen molar-refractivity contribution in [2.75, 3.05) is 0 Å². The van der Waals surface area contributed by atoms with E-state index in [0.717, 1.165) is 6.92 Å². The standard InChI is InChI=1S/C5H5F3O2.Zr/c1-3(9)2-4(10)5(6,7)8;/h2,10H,1H3;/b4-2-;. The Morgan fingerprint density at radius 1 is 1.45 bits per heavy atom. The van der Waals surface area contributed by atoms with E-state index in [1.807, 2.05) is 0 Å². The molecule has 0 aliphatic carbocycles. The normalized spacial score (nSPS) is 12.2. The van der Waals surface area contributed by atoms with E-state index in [2.05, 4.69) is 0 Å². The Bertz CT molecular complexity index is 173. The maximum atomic E-state index is 11.3. The Morgan fingerprint density at radius 2 is 1.82 bits per heavy atom. The maximum Gasteiger partial charge on any atom is 0.448 e. The summed E-state index contributed by atoms with van der Waals surface area (Å²) in [5.74, 6) is -2.70. The Morgan fingerprint density at radius 3 is 1.91 bits per heavy atom. The minimum absolute atomic E-state index is 0. The monoisotopic (exact) mass is 244 g/mol. The molecule has 0 heterocycles. The van der Waals surface area contributed by atoms with Gasteiger partial charge in [0.1, 0.15) is 0 Å². The molecule has 0 aromatic heterocycles. The van der Waals surface area contributed by atoms with Crippen LogP contribution in [0.1, 0.15) is 6.92 Å². The average molecular weight is 245 g/mol. The second kappa shape index (κ2) is 4.70. The number of rotatable bonds is 1. The smallest absolute Gasteiger partial charge is 0.448 e. The van der Waals surface area contributed by atoms with Crippen LogP contribution in [-0.2, 0) is 31.0 Å². The minimum Gasteiger partial charge on any atom is -0.504 e. The first-order valence-electron chi connectivity index (χ1n) is 2.32. The predicted molar refractivity (Wildman–Crippen MR) is 27.4 cm³/mol. The van der Waals surface area contributed by atoms with Gasteiger partial charge in [-0.25, -0.2) is 0 Å². The fourth-order valence-corrected chi connectivity index (χ4v) is 0.274. The molecule has 1 N–H and O–H groups in total. The quantitative estimate of drug-likeness (QED) is 0.562. The van der Waals surface area contributed by atoms with Crippen molar-refractivity contribution in [3.05, 3.63) is 11.8 Å². The molecule has 0 aliphatic rings. The van der Waals surface area contributed by atoms with Crippen molar-refractivity contribution in [3.63, 3.8) is 0 Å². The van der Waals surface area contributed by atoms with Crippen LogP contribution in [0.4, 0.5) is 13.2 Å². The van der Waals surface area contributed by atoms with Crippen LogP contribution in [0.15, 0.2) is 11.8 Å². The molecule has 2 nitrogen and oxygen atoms in total. The molecule has 0 unspecified atom stereocenters. The van der Waals surface area contributed by atoms with Crippen LogP contribution in [-0.4, -0.2) is 17.1 Å². The van der Waals surface area contributed by atoms with Gasteiger partial charge in [0.15, 0.2) is 5.78 Å². The van der Waals surface area contributed by atoms with E-state index in [4.69, 9.17) is 5.11 Å². The first kappa shape index (κ1) is 13.5. The van der Waals surface area contributed by atoms with Gasteiger partial charge in [-0.1, -0.05) is 0 Å². The van der Waals surface area contributed by atoms with Crippen molar-refractivity contribution in [1.82, 2.24) is 0 Å². The van der Waals surface area contributed by atoms with Crippen LogP contribution >= 0.6 is 0 Å². The molecule has 0 bridgehead atoms. The Labute approximate surface area is 80.2 Å². The zero-order valence-corrected chi connectivity index (χ0v) is 8.02. The third kappa shape index (κ3) is 6.29. The number of hydrogen-bond donors (Lipinski definition) is 1. The van der Waals surface area contributed by atoms with Gasteiger partial charge in [0.25, 0.3) is 0 Å². The van der Waals surface area contributed by atoms with E-state index in [0.29, 0.717) is 0 Å². The Balaban J connectivity index is 0. The number of hydrogen-bond acceptors (Lipinski definition) is 2. The zero-order valence-electron chi connectivity index (χ0n) is 5.57. The molecule has 0 saturated heterocycles. The molecule has 11 heavy (non-hydrogen) atoms. The minimum atomic E-state index is -4.81. The number of allylic oxidation sites excluding steroid dienone is 2. The van der Waals surface area contributed by atoms with E-state index in [1.54, 1.807) is 0 Å². The van der Waals surface area contributed by atoms with E-state index >= 15 is 0 Å². The molecule has 0 fully saturated rings. The summed E-state index contributed by atoms with van der Waals surface area (Å²) >= 11 is 0. The summed E-state index contributed by atoms with van der Waals surface area (Å²) in [7, 11) is 0. The van der Waals surface area contributed by atoms with Crippen LogP contribution in [0.3, 0.4) is 0 Å². The van der Waals surface area contributed by atoms with Gasteiger partial charge in [0, 0.05) is 32.3 Å². The molecule has 0 rings (SSSR count). The number of alkyl halides is 3. The Hall–Kier alpha value is -0.117. The van der Waals surface area contributed by atoms with Crippen LogP contribution < -0.4 is 0 Å². The van der Waals surface area contributed by atoms with Gasteiger partial charge >= 0.3 is 6.18 Å². The molecule has 6 heteroatoms. The third-order valence-corrected chi connectivity index (χ3v) is 0.630. The van der Waals surface area contributed by atoms with Crippen molar-refractivity contribution in [1.29, 1.82) is 0 Å². The van der Waals surface area contributed by atoms with Crippen LogP contribution in [0.25, 0.3) is 0 Å². The van der Waals surface area contributed by atoms with Gasteiger partial charge in [-0.3, -0.25) is 4.79 Å². The van der Waals surface area contributed by atoms with Gasteiger partial charge in [0.2, 0.25) is 5.76 Å². The number of carbonyl (C=O) groups excluding carboxylic acids is 1. The first-order valence-corrected chi connectivity index (χ1v) is 2.32. The number of carbonyl (C=O) groups is 1. The van der Waals surface area contributed by atoms with Crippen LogP contribution in [0.5, 0.6) is 0 Å². The van der Waals surface area contributed by atoms with Gasteiger partial charge in [0.05, 0.1) is 0 Å². The number of ketones is 1. The third-order valence-electron chi connectivity index (χ3n) is 0.630. The zero-order chi connectivity index (χ0) is 8.36. The number of aliphatic hydroxyl groups excluding tert-OH is 1. The molecule has 0 aromatic carbocycles. The molecule has 0 saturated carbocycles. The van der Waals surface area contributed by atoms with E-state index < -0.39 is 17.7 Å². The van der Waals surface area contributed by atoms with E-state index in [-0.39, 0.29) is 32.3 Å². The van der Waals surface area contributed by atoms with Crippen molar-refractivity contribution in [2.24, 2.45) is 0 Å². The molecule has 0 radical (unpaired) electrons. The van der Waals surface area contributed by atoms with Crippen LogP contribution in [0.2, 0.25) is 0 Å². The molecular weight excluding hydrogens is 240 g/mol. The molecule has 0 aliphatic heterocycles. The molecule has 0 spiro atoms. The summed E-state index contributed by atoms with van der Waals surface area (Å²) in [5, 5.41) is 8.07. The molecule has 0 atom stereocenters. The number of halogens is 3. The fraction of sp³-hybridized carbons (Fsp3) is 0.400. The summed E-state index contributed by atoms with van der Waals surface area (Å²) < 4.78 is 34.0. The first-order chi connectivity index (χ1) is 4.34. The fourth-order valence-electron chi connectivity index (χ4n) is 0.274. The van der Waals surface area contributed by atoms with E-state index in [1.165, 1.54) is 0 Å². The van der Waals surface area contributed by atoms with Crippen LogP contribution in [0, 0.1) is 0 Å². The van der Waals surface area contributed by atoms with Crippen molar-refractivity contribution in [2.45, 2.75) is 13.1 Å². The van der Waals surface area contributed by atoms with Gasteiger partial charge in [-0.2, -0.15) is 13.2 Å². The summed E-state index contributed by atoms with van der Waals surface area (Å²) in [6.07, 6.45) is -4.69. The topological polar surface area (TPSA) is 37.3 Å².